The number of amides is 1. The minimum absolute atomic E-state index is 0.0504. The number of para-hydroxylation sites is 1. The summed E-state index contributed by atoms with van der Waals surface area (Å²) in [5.74, 6) is -0.735. The zero-order valence-corrected chi connectivity index (χ0v) is 20.7. The molecule has 1 atom stereocenters. The van der Waals surface area contributed by atoms with E-state index < -0.39 is 17.3 Å². The first-order valence-electron chi connectivity index (χ1n) is 11.5. The van der Waals surface area contributed by atoms with Crippen LogP contribution >= 0.6 is 11.6 Å². The highest BCUT2D eigenvalue weighted by Gasteiger charge is 2.33. The quantitative estimate of drug-likeness (QED) is 0.381. The second kappa shape index (κ2) is 10.7. The van der Waals surface area contributed by atoms with E-state index in [1.807, 2.05) is 30.1 Å². The van der Waals surface area contributed by atoms with E-state index in [-0.39, 0.29) is 34.6 Å². The van der Waals surface area contributed by atoms with Gasteiger partial charge in [0.15, 0.2) is 5.82 Å². The van der Waals surface area contributed by atoms with Crippen LogP contribution in [0.1, 0.15) is 30.1 Å². The molecule has 1 aliphatic heterocycles. The number of halogens is 2. The zero-order valence-electron chi connectivity index (χ0n) is 20.0. The largest absolute Gasteiger partial charge is 0.393 e. The fourth-order valence-corrected chi connectivity index (χ4v) is 4.28. The lowest BCUT2D eigenvalue weighted by Gasteiger charge is -2.33. The van der Waals surface area contributed by atoms with Gasteiger partial charge >= 0.3 is 0 Å². The van der Waals surface area contributed by atoms with Crippen molar-refractivity contribution in [2.24, 2.45) is 0 Å². The molecule has 1 aromatic carbocycles. The van der Waals surface area contributed by atoms with Crippen LogP contribution in [0.5, 0.6) is 0 Å². The number of likely N-dealkylation sites (N-methyl/N-ethyl adjacent to an activating group) is 1. The fraction of sp³-hybridized carbons (Fsp3) is 0.320. The van der Waals surface area contributed by atoms with Crippen LogP contribution in [0.15, 0.2) is 59.6 Å². The SMILES string of the molecule is CCN1C[C@](O)(CO)CC=C2CC=C(Nc3ncc(Cl)c(Nc4c(F)cccc4C(=O)NC)n3)C=C21. The number of anilines is 3. The van der Waals surface area contributed by atoms with Crippen LogP contribution in [0.3, 0.4) is 0 Å². The van der Waals surface area contributed by atoms with E-state index in [0.717, 1.165) is 17.0 Å². The van der Waals surface area contributed by atoms with Gasteiger partial charge in [-0.3, -0.25) is 4.79 Å². The number of aromatic nitrogens is 2. The molecule has 2 aliphatic rings. The molecule has 0 bridgehead atoms. The van der Waals surface area contributed by atoms with Gasteiger partial charge in [-0.25, -0.2) is 9.37 Å². The maximum absolute atomic E-state index is 14.6. The van der Waals surface area contributed by atoms with Gasteiger partial charge in [0.05, 0.1) is 24.1 Å². The van der Waals surface area contributed by atoms with Crippen LogP contribution < -0.4 is 16.0 Å². The Labute approximate surface area is 213 Å². The highest BCUT2D eigenvalue weighted by Crippen LogP contribution is 2.33. The van der Waals surface area contributed by atoms with Gasteiger partial charge in [0.1, 0.15) is 16.4 Å². The molecular formula is C25H28ClFN6O3. The third-order valence-corrected chi connectivity index (χ3v) is 6.40. The summed E-state index contributed by atoms with van der Waals surface area (Å²) in [5, 5.41) is 29.0. The number of aliphatic hydroxyl groups excluding tert-OH is 1. The minimum Gasteiger partial charge on any atom is -0.393 e. The predicted octanol–water partition coefficient (Wildman–Crippen LogP) is 3.33. The Morgan fingerprint density at radius 1 is 1.31 bits per heavy atom. The summed E-state index contributed by atoms with van der Waals surface area (Å²) in [7, 11) is 1.46. The number of nitrogens with one attached hydrogen (secondary N) is 3. The van der Waals surface area contributed by atoms with Crippen molar-refractivity contribution in [1.82, 2.24) is 20.2 Å². The van der Waals surface area contributed by atoms with E-state index in [1.54, 1.807) is 0 Å². The number of carbonyl (C=O) groups excluding carboxylic acids is 1. The van der Waals surface area contributed by atoms with Crippen LogP contribution in [0.4, 0.5) is 21.8 Å². The number of hydrogen-bond donors (Lipinski definition) is 5. The molecule has 0 saturated carbocycles. The van der Waals surface area contributed by atoms with Crippen molar-refractivity contribution in [2.45, 2.75) is 25.4 Å². The van der Waals surface area contributed by atoms with E-state index >= 15 is 0 Å². The lowest BCUT2D eigenvalue weighted by atomic mass is 9.98. The zero-order chi connectivity index (χ0) is 25.9. The fourth-order valence-electron chi connectivity index (χ4n) is 4.15. The molecule has 0 fully saturated rings. The van der Waals surface area contributed by atoms with Crippen LogP contribution in [-0.2, 0) is 0 Å². The molecule has 1 aromatic heterocycles. The Bertz CT molecular complexity index is 1260. The number of carbonyl (C=O) groups is 1. The normalized spacial score (nSPS) is 19.4. The Morgan fingerprint density at radius 3 is 2.83 bits per heavy atom. The summed E-state index contributed by atoms with van der Waals surface area (Å²) >= 11 is 6.27. The second-order valence-corrected chi connectivity index (χ2v) is 9.01. The predicted molar refractivity (Wildman–Crippen MR) is 137 cm³/mol. The average Bonchev–Trinajstić information content (AvgIpc) is 3.03. The number of β-amino-alcohol motifs (C(OH)–C–C–N with tert-alkyl or cyclic N) is 1. The maximum atomic E-state index is 14.6. The molecule has 2 heterocycles. The number of nitrogens with zero attached hydrogens (tertiary/aromatic N) is 3. The molecule has 1 amide bonds. The monoisotopic (exact) mass is 514 g/mol. The summed E-state index contributed by atoms with van der Waals surface area (Å²) in [6, 6.07) is 4.17. The van der Waals surface area contributed by atoms with Crippen LogP contribution in [0.25, 0.3) is 0 Å². The van der Waals surface area contributed by atoms with Gasteiger partial charge in [0, 0.05) is 31.5 Å². The van der Waals surface area contributed by atoms with Crippen LogP contribution in [0, 0.1) is 5.82 Å². The summed E-state index contributed by atoms with van der Waals surface area (Å²) in [6.07, 6.45) is 8.24. The lowest BCUT2D eigenvalue weighted by Crippen LogP contribution is -2.44. The Morgan fingerprint density at radius 2 is 2.11 bits per heavy atom. The Balaban J connectivity index is 1.59. The molecule has 1 aliphatic carbocycles. The Hall–Kier alpha value is -3.47. The lowest BCUT2D eigenvalue weighted by molar-refractivity contribution is -0.0284. The van der Waals surface area contributed by atoms with Crippen molar-refractivity contribution in [3.05, 3.63) is 76.0 Å². The third kappa shape index (κ3) is 5.35. The molecule has 0 spiro atoms. The van der Waals surface area contributed by atoms with Crippen molar-refractivity contribution in [1.29, 1.82) is 0 Å². The van der Waals surface area contributed by atoms with Gasteiger partial charge in [0.2, 0.25) is 5.95 Å². The summed E-state index contributed by atoms with van der Waals surface area (Å²) in [6.45, 7) is 2.63. The number of aliphatic hydroxyl groups is 2. The van der Waals surface area contributed by atoms with Gasteiger partial charge in [-0.15, -0.1) is 0 Å². The van der Waals surface area contributed by atoms with E-state index in [9.17, 15) is 19.4 Å². The first-order chi connectivity index (χ1) is 17.3. The van der Waals surface area contributed by atoms with E-state index in [1.165, 1.54) is 31.4 Å². The maximum Gasteiger partial charge on any atom is 0.253 e. The molecule has 11 heteroatoms. The number of allylic oxidation sites excluding steroid dienone is 3. The van der Waals surface area contributed by atoms with Crippen molar-refractivity contribution in [3.8, 4) is 0 Å². The van der Waals surface area contributed by atoms with Crippen molar-refractivity contribution in [3.63, 3.8) is 0 Å². The summed E-state index contributed by atoms with van der Waals surface area (Å²) < 4.78 is 14.6. The molecule has 0 unspecified atom stereocenters. The van der Waals surface area contributed by atoms with Gasteiger partial charge < -0.3 is 31.1 Å². The van der Waals surface area contributed by atoms with Crippen LogP contribution in [0.2, 0.25) is 5.02 Å². The van der Waals surface area contributed by atoms with Crippen LogP contribution in [-0.4, -0.2) is 63.3 Å². The highest BCUT2D eigenvalue weighted by atomic mass is 35.5. The smallest absolute Gasteiger partial charge is 0.253 e. The second-order valence-electron chi connectivity index (χ2n) is 8.60. The molecule has 2 aromatic rings. The number of rotatable bonds is 7. The number of hydrogen-bond acceptors (Lipinski definition) is 8. The van der Waals surface area contributed by atoms with E-state index in [2.05, 4.69) is 25.9 Å². The molecular weight excluding hydrogens is 487 g/mol. The first-order valence-corrected chi connectivity index (χ1v) is 11.9. The number of fused-ring (bicyclic) bond motifs is 1. The van der Waals surface area contributed by atoms with Gasteiger partial charge in [0.25, 0.3) is 5.91 Å². The van der Waals surface area contributed by atoms with Gasteiger partial charge in [-0.05, 0) is 43.5 Å². The first kappa shape index (κ1) is 25.6. The molecule has 5 N–H and O–H groups in total. The number of benzene rings is 1. The standard InChI is InChI=1S/C25H28ClFN6O3/c1-3-33-13-25(36,14-34)10-9-15-7-8-16(11-20(15)33)30-24-29-12-18(26)22(32-24)31-21-17(23(35)28-2)5-4-6-19(21)27/h4-6,8-9,11-12,34,36H,3,7,10,13-14H2,1-2H3,(H,28,35)(H2,29,30,31,32)/t25-/m0/s1. The van der Waals surface area contributed by atoms with Gasteiger partial charge in [-0.2, -0.15) is 4.98 Å². The van der Waals surface area contributed by atoms with Crippen molar-refractivity contribution < 1.29 is 19.4 Å². The molecule has 0 saturated heterocycles. The van der Waals surface area contributed by atoms with Crippen molar-refractivity contribution >= 4 is 35.0 Å². The molecule has 190 valence electrons. The van der Waals surface area contributed by atoms with Gasteiger partial charge in [-0.1, -0.05) is 29.8 Å². The molecule has 4 rings (SSSR count). The molecule has 36 heavy (non-hydrogen) atoms. The third-order valence-electron chi connectivity index (χ3n) is 6.12. The Kier molecular flexibility index (Phi) is 7.58. The van der Waals surface area contributed by atoms with Crippen molar-refractivity contribution in [2.75, 3.05) is 37.4 Å². The molecule has 9 nitrogen and oxygen atoms in total. The summed E-state index contributed by atoms with van der Waals surface area (Å²) in [4.78, 5) is 22.8. The highest BCUT2D eigenvalue weighted by molar-refractivity contribution is 6.33. The minimum atomic E-state index is -1.20. The van der Waals surface area contributed by atoms with E-state index in [0.29, 0.717) is 25.9 Å². The van der Waals surface area contributed by atoms with E-state index in [4.69, 9.17) is 11.6 Å². The average molecular weight is 515 g/mol. The topological polar surface area (TPSA) is 123 Å². The summed E-state index contributed by atoms with van der Waals surface area (Å²) in [5.41, 5.74) is 1.60. The molecule has 0 radical (unpaired) electrons.